The molecule has 0 saturated heterocycles. The Morgan fingerprint density at radius 2 is 1.95 bits per heavy atom. The highest BCUT2D eigenvalue weighted by Gasteiger charge is 2.21. The number of ether oxygens (including phenoxy) is 2. The molecule has 1 heterocycles. The van der Waals surface area contributed by atoms with E-state index in [0.29, 0.717) is 18.8 Å². The molecule has 0 aliphatic heterocycles. The van der Waals surface area contributed by atoms with Gasteiger partial charge < -0.3 is 14.8 Å². The highest BCUT2D eigenvalue weighted by atomic mass is 16.5. The molecular weight excluding hydrogens is 264 g/mol. The molecule has 0 radical (unpaired) electrons. The average molecular weight is 292 g/mol. The van der Waals surface area contributed by atoms with Crippen molar-refractivity contribution in [3.8, 4) is 5.75 Å². The van der Waals surface area contributed by atoms with Crippen LogP contribution in [0.15, 0.2) is 6.20 Å². The van der Waals surface area contributed by atoms with Crippen LogP contribution in [-0.2, 0) is 11.3 Å². The van der Waals surface area contributed by atoms with Gasteiger partial charge in [0.1, 0.15) is 5.75 Å². The molecule has 118 valence electrons. The number of aromatic nitrogens is 1. The molecule has 0 spiro atoms. The number of hydrogen-bond donors (Lipinski definition) is 1. The lowest BCUT2D eigenvalue weighted by molar-refractivity contribution is 0.00960. The maximum Gasteiger partial charge on any atom is 0.128 e. The molecule has 1 aromatic heterocycles. The Balaban J connectivity index is 1.87. The van der Waals surface area contributed by atoms with Crippen molar-refractivity contribution in [3.05, 3.63) is 23.0 Å². The molecule has 1 N–H and O–H groups in total. The van der Waals surface area contributed by atoms with E-state index >= 15 is 0 Å². The third-order valence-corrected chi connectivity index (χ3v) is 4.37. The summed E-state index contributed by atoms with van der Waals surface area (Å²) in [6.45, 7) is 7.88. The molecule has 0 aromatic carbocycles. The van der Waals surface area contributed by atoms with E-state index in [0.717, 1.165) is 42.0 Å². The van der Waals surface area contributed by atoms with Crippen LogP contribution in [0.1, 0.15) is 49.4 Å². The van der Waals surface area contributed by atoms with E-state index in [1.54, 1.807) is 7.11 Å². The van der Waals surface area contributed by atoms with Crippen LogP contribution in [0, 0.1) is 13.8 Å². The van der Waals surface area contributed by atoms with Crippen molar-refractivity contribution in [1.82, 2.24) is 10.3 Å². The number of hydrogen-bond acceptors (Lipinski definition) is 4. The van der Waals surface area contributed by atoms with Gasteiger partial charge in [0.2, 0.25) is 0 Å². The quantitative estimate of drug-likeness (QED) is 0.874. The first-order valence-corrected chi connectivity index (χ1v) is 7.99. The fraction of sp³-hybridized carbons (Fsp3) is 0.706. The van der Waals surface area contributed by atoms with E-state index in [1.807, 2.05) is 13.1 Å². The average Bonchev–Trinajstić information content (AvgIpc) is 2.49. The Hall–Kier alpha value is -1.13. The van der Waals surface area contributed by atoms with Gasteiger partial charge >= 0.3 is 0 Å². The summed E-state index contributed by atoms with van der Waals surface area (Å²) in [7, 11) is 1.71. The fourth-order valence-electron chi connectivity index (χ4n) is 3.14. The van der Waals surface area contributed by atoms with Gasteiger partial charge in [0.15, 0.2) is 0 Å². The summed E-state index contributed by atoms with van der Waals surface area (Å²) in [5.74, 6) is 0.930. The molecule has 1 saturated carbocycles. The van der Waals surface area contributed by atoms with Gasteiger partial charge in [0.25, 0.3) is 0 Å². The Morgan fingerprint density at radius 3 is 2.57 bits per heavy atom. The summed E-state index contributed by atoms with van der Waals surface area (Å²) in [6.07, 6.45) is 6.93. The molecule has 1 aliphatic rings. The Labute approximate surface area is 128 Å². The van der Waals surface area contributed by atoms with E-state index in [9.17, 15) is 0 Å². The Bertz CT molecular complexity index is 454. The van der Waals surface area contributed by atoms with Gasteiger partial charge in [-0.25, -0.2) is 0 Å². The summed E-state index contributed by atoms with van der Waals surface area (Å²) in [5.41, 5.74) is 3.16. The molecule has 1 fully saturated rings. The number of rotatable bonds is 6. The van der Waals surface area contributed by atoms with Crippen LogP contribution in [0.5, 0.6) is 5.75 Å². The fourth-order valence-corrected chi connectivity index (χ4v) is 3.14. The van der Waals surface area contributed by atoms with Crippen LogP contribution in [-0.4, -0.2) is 30.8 Å². The number of aryl methyl sites for hydroxylation is 1. The third kappa shape index (κ3) is 4.17. The molecular formula is C17H28N2O2. The lowest BCUT2D eigenvalue weighted by atomic mass is 9.93. The smallest absolute Gasteiger partial charge is 0.128 e. The minimum absolute atomic E-state index is 0.369. The zero-order valence-electron chi connectivity index (χ0n) is 13.7. The zero-order valence-corrected chi connectivity index (χ0v) is 13.7. The minimum Gasteiger partial charge on any atom is -0.496 e. The van der Waals surface area contributed by atoms with Crippen molar-refractivity contribution in [2.45, 2.75) is 65.2 Å². The van der Waals surface area contributed by atoms with Crippen molar-refractivity contribution in [2.24, 2.45) is 0 Å². The monoisotopic (exact) mass is 292 g/mol. The second kappa shape index (κ2) is 7.76. The first-order chi connectivity index (χ1) is 10.2. The summed E-state index contributed by atoms with van der Waals surface area (Å²) in [5, 5.41) is 3.52. The topological polar surface area (TPSA) is 43.4 Å². The molecule has 0 atom stereocenters. The maximum absolute atomic E-state index is 6.07. The largest absolute Gasteiger partial charge is 0.496 e. The molecule has 0 unspecified atom stereocenters. The van der Waals surface area contributed by atoms with Crippen LogP contribution in [0.25, 0.3) is 0 Å². The lowest BCUT2D eigenvalue weighted by Gasteiger charge is -2.29. The molecule has 0 bridgehead atoms. The Kier molecular flexibility index (Phi) is 6.00. The maximum atomic E-state index is 6.07. The number of nitrogens with one attached hydrogen (secondary N) is 1. The summed E-state index contributed by atoms with van der Waals surface area (Å²) in [4.78, 5) is 4.50. The van der Waals surface area contributed by atoms with Gasteiger partial charge in [-0.3, -0.25) is 4.98 Å². The summed E-state index contributed by atoms with van der Waals surface area (Å²) in [6, 6.07) is 0.675. The molecule has 4 nitrogen and oxygen atoms in total. The number of methoxy groups -OCH3 is 1. The third-order valence-electron chi connectivity index (χ3n) is 4.37. The summed E-state index contributed by atoms with van der Waals surface area (Å²) < 4.78 is 11.5. The van der Waals surface area contributed by atoms with Gasteiger partial charge in [0, 0.05) is 23.4 Å². The van der Waals surface area contributed by atoms with Crippen LogP contribution < -0.4 is 10.1 Å². The van der Waals surface area contributed by atoms with E-state index in [1.165, 1.54) is 12.8 Å². The van der Waals surface area contributed by atoms with Gasteiger partial charge in [-0.2, -0.15) is 0 Å². The predicted molar refractivity (Wildman–Crippen MR) is 84.8 cm³/mol. The molecule has 0 amide bonds. The molecule has 1 aromatic rings. The molecule has 4 heteroatoms. The van der Waals surface area contributed by atoms with E-state index in [-0.39, 0.29) is 0 Å². The molecule has 1 aliphatic carbocycles. The standard InChI is InChI=1S/C17H28N2O2/c1-5-18-14-6-8-15(9-7-14)21-11-16-13(3)17(20-4)12(2)10-19-16/h10,14-15,18H,5-9,11H2,1-4H3. The first kappa shape index (κ1) is 16.2. The van der Waals surface area contributed by atoms with Crippen LogP contribution in [0.4, 0.5) is 0 Å². The SMILES string of the molecule is CCNC1CCC(OCc2ncc(C)c(OC)c2C)CC1. The first-order valence-electron chi connectivity index (χ1n) is 7.99. The number of pyridine rings is 1. The van der Waals surface area contributed by atoms with E-state index in [4.69, 9.17) is 9.47 Å². The van der Waals surface area contributed by atoms with Crippen LogP contribution in [0.3, 0.4) is 0 Å². The highest BCUT2D eigenvalue weighted by Crippen LogP contribution is 2.26. The minimum atomic E-state index is 0.369. The summed E-state index contributed by atoms with van der Waals surface area (Å²) >= 11 is 0. The van der Waals surface area contributed by atoms with Crippen molar-refractivity contribution in [1.29, 1.82) is 0 Å². The second-order valence-corrected chi connectivity index (χ2v) is 5.89. The van der Waals surface area contributed by atoms with E-state index < -0.39 is 0 Å². The second-order valence-electron chi connectivity index (χ2n) is 5.89. The molecule has 2 rings (SSSR count). The lowest BCUT2D eigenvalue weighted by Crippen LogP contribution is -2.35. The zero-order chi connectivity index (χ0) is 15.2. The van der Waals surface area contributed by atoms with Gasteiger partial charge in [0.05, 0.1) is 25.5 Å². The van der Waals surface area contributed by atoms with Crippen molar-refractivity contribution >= 4 is 0 Å². The van der Waals surface area contributed by atoms with Crippen molar-refractivity contribution < 1.29 is 9.47 Å². The predicted octanol–water partition coefficient (Wildman–Crippen LogP) is 3.14. The van der Waals surface area contributed by atoms with Crippen LogP contribution in [0.2, 0.25) is 0 Å². The molecule has 21 heavy (non-hydrogen) atoms. The number of nitrogens with zero attached hydrogens (tertiary/aromatic N) is 1. The normalized spacial score (nSPS) is 22.3. The van der Waals surface area contributed by atoms with Crippen molar-refractivity contribution in [3.63, 3.8) is 0 Å². The van der Waals surface area contributed by atoms with Gasteiger partial charge in [-0.1, -0.05) is 6.92 Å². The van der Waals surface area contributed by atoms with E-state index in [2.05, 4.69) is 24.1 Å². The highest BCUT2D eigenvalue weighted by molar-refractivity contribution is 5.40. The Morgan fingerprint density at radius 1 is 1.24 bits per heavy atom. The van der Waals surface area contributed by atoms with Crippen LogP contribution >= 0.6 is 0 Å². The van der Waals surface area contributed by atoms with Crippen molar-refractivity contribution in [2.75, 3.05) is 13.7 Å². The van der Waals surface area contributed by atoms with Gasteiger partial charge in [-0.05, 0) is 46.1 Å². The van der Waals surface area contributed by atoms with Gasteiger partial charge in [-0.15, -0.1) is 0 Å².